The normalized spacial score (nSPS) is 12.1. The molecule has 0 fully saturated rings. The lowest BCUT2D eigenvalue weighted by molar-refractivity contribution is -0.684. The van der Waals surface area contributed by atoms with Gasteiger partial charge in [-0.3, -0.25) is 4.79 Å². The van der Waals surface area contributed by atoms with Crippen molar-refractivity contribution in [1.29, 1.82) is 0 Å². The van der Waals surface area contributed by atoms with Crippen LogP contribution in [0.25, 0.3) is 0 Å². The molecule has 3 N–H and O–H groups in total. The molecule has 106 valence electrons. The third-order valence-electron chi connectivity index (χ3n) is 3.03. The van der Waals surface area contributed by atoms with Crippen LogP contribution in [-0.4, -0.2) is 18.7 Å². The van der Waals surface area contributed by atoms with Crippen LogP contribution in [-0.2, 0) is 4.79 Å². The molecule has 0 unspecified atom stereocenters. The Bertz CT molecular complexity index is 555. The second-order valence-electron chi connectivity index (χ2n) is 4.49. The zero-order valence-electron chi connectivity index (χ0n) is 11.6. The van der Waals surface area contributed by atoms with Crippen molar-refractivity contribution in [2.45, 2.75) is 17.9 Å². The highest BCUT2D eigenvalue weighted by molar-refractivity contribution is 7.98. The van der Waals surface area contributed by atoms with Gasteiger partial charge in [0.05, 0.1) is 12.0 Å². The van der Waals surface area contributed by atoms with E-state index in [9.17, 15) is 4.79 Å². The first kappa shape index (κ1) is 14.7. The maximum Gasteiger partial charge on any atom is 0.279 e. The molecule has 1 amide bonds. The molecule has 2 aromatic rings. The lowest BCUT2D eigenvalue weighted by Crippen LogP contribution is -2.86. The Hall–Kier alpha value is -1.72. The van der Waals surface area contributed by atoms with E-state index in [2.05, 4.69) is 5.32 Å². The summed E-state index contributed by atoms with van der Waals surface area (Å²) >= 11 is 1.62. The van der Waals surface area contributed by atoms with Crippen LogP contribution in [0.4, 0.5) is 5.69 Å². The molecule has 0 saturated carbocycles. The van der Waals surface area contributed by atoms with Gasteiger partial charge in [0, 0.05) is 4.90 Å². The number of nitrogens with two attached hydrogens (primary N) is 1. The van der Waals surface area contributed by atoms with E-state index in [-0.39, 0.29) is 11.9 Å². The minimum Gasteiger partial charge on any atom is -0.463 e. The molecule has 1 aromatic heterocycles. The van der Waals surface area contributed by atoms with Gasteiger partial charge in [0.25, 0.3) is 5.91 Å². The molecule has 0 saturated heterocycles. The van der Waals surface area contributed by atoms with Crippen molar-refractivity contribution >= 4 is 23.4 Å². The molecule has 1 aromatic carbocycles. The Morgan fingerprint density at radius 1 is 1.35 bits per heavy atom. The third-order valence-corrected chi connectivity index (χ3v) is 3.83. The summed E-state index contributed by atoms with van der Waals surface area (Å²) in [6.45, 7) is 2.38. The molecule has 5 heteroatoms. The first-order valence-electron chi connectivity index (χ1n) is 6.50. The number of anilines is 1. The second-order valence-corrected chi connectivity index (χ2v) is 5.34. The first-order chi connectivity index (χ1) is 9.70. The van der Waals surface area contributed by atoms with Crippen molar-refractivity contribution in [3.63, 3.8) is 0 Å². The molecule has 0 bridgehead atoms. The zero-order chi connectivity index (χ0) is 14.4. The summed E-state index contributed by atoms with van der Waals surface area (Å²) in [7, 11) is 0. The van der Waals surface area contributed by atoms with Gasteiger partial charge in [0.2, 0.25) is 0 Å². The SMILES string of the molecule is CSc1ccccc1NC(=O)C[NH2+][C@H](C)c1ccco1. The van der Waals surface area contributed by atoms with Gasteiger partial charge < -0.3 is 15.1 Å². The number of rotatable bonds is 6. The van der Waals surface area contributed by atoms with E-state index in [1.165, 1.54) is 0 Å². The van der Waals surface area contributed by atoms with E-state index in [4.69, 9.17) is 4.42 Å². The molecular weight excluding hydrogens is 272 g/mol. The Morgan fingerprint density at radius 2 is 2.15 bits per heavy atom. The summed E-state index contributed by atoms with van der Waals surface area (Å²) in [5, 5.41) is 4.89. The molecule has 4 nitrogen and oxygen atoms in total. The van der Waals surface area contributed by atoms with Gasteiger partial charge in [-0.05, 0) is 37.4 Å². The first-order valence-corrected chi connectivity index (χ1v) is 7.72. The average molecular weight is 291 g/mol. The lowest BCUT2D eigenvalue weighted by Gasteiger charge is -2.10. The Kier molecular flexibility index (Phi) is 5.26. The van der Waals surface area contributed by atoms with Crippen LogP contribution in [0.5, 0.6) is 0 Å². The highest BCUT2D eigenvalue weighted by Gasteiger charge is 2.14. The molecule has 0 aliphatic heterocycles. The number of para-hydroxylation sites is 1. The number of furan rings is 1. The molecule has 20 heavy (non-hydrogen) atoms. The largest absolute Gasteiger partial charge is 0.463 e. The fourth-order valence-electron chi connectivity index (χ4n) is 1.90. The molecular formula is C15H19N2O2S+. The van der Waals surface area contributed by atoms with E-state index in [1.807, 2.05) is 54.9 Å². The zero-order valence-corrected chi connectivity index (χ0v) is 12.4. The summed E-state index contributed by atoms with van der Waals surface area (Å²) in [6, 6.07) is 11.7. The van der Waals surface area contributed by atoms with Gasteiger partial charge in [-0.2, -0.15) is 0 Å². The average Bonchev–Trinajstić information content (AvgIpc) is 2.99. The van der Waals surface area contributed by atoms with Gasteiger partial charge in [-0.1, -0.05) is 12.1 Å². The van der Waals surface area contributed by atoms with Gasteiger partial charge in [0.15, 0.2) is 12.3 Å². The minimum absolute atomic E-state index is 0.00935. The number of quaternary nitrogens is 1. The van der Waals surface area contributed by atoms with Crippen LogP contribution in [0.1, 0.15) is 18.7 Å². The van der Waals surface area contributed by atoms with E-state index in [1.54, 1.807) is 18.0 Å². The van der Waals surface area contributed by atoms with Crippen molar-refractivity contribution in [1.82, 2.24) is 0 Å². The van der Waals surface area contributed by atoms with Gasteiger partial charge in [0.1, 0.15) is 6.04 Å². The third kappa shape index (κ3) is 3.88. The highest BCUT2D eigenvalue weighted by Crippen LogP contribution is 2.24. The lowest BCUT2D eigenvalue weighted by atomic mass is 10.2. The number of carbonyl (C=O) groups is 1. The van der Waals surface area contributed by atoms with Crippen molar-refractivity contribution < 1.29 is 14.5 Å². The van der Waals surface area contributed by atoms with Gasteiger partial charge >= 0.3 is 0 Å². The quantitative estimate of drug-likeness (QED) is 0.803. The summed E-state index contributed by atoms with van der Waals surface area (Å²) in [4.78, 5) is 13.0. The van der Waals surface area contributed by atoms with Crippen molar-refractivity contribution in [3.05, 3.63) is 48.4 Å². The van der Waals surface area contributed by atoms with E-state index < -0.39 is 0 Å². The fraction of sp³-hybridized carbons (Fsp3) is 0.267. The van der Waals surface area contributed by atoms with Crippen molar-refractivity contribution in [3.8, 4) is 0 Å². The molecule has 1 atom stereocenters. The van der Waals surface area contributed by atoms with Gasteiger partial charge in [-0.15, -0.1) is 11.8 Å². The number of carbonyl (C=O) groups excluding carboxylic acids is 1. The second kappa shape index (κ2) is 7.17. The van der Waals surface area contributed by atoms with Crippen LogP contribution in [0.2, 0.25) is 0 Å². The number of hydrogen-bond acceptors (Lipinski definition) is 3. The Balaban J connectivity index is 1.86. The Labute approximate surface area is 122 Å². The van der Waals surface area contributed by atoms with E-state index in [0.29, 0.717) is 6.54 Å². The summed E-state index contributed by atoms with van der Waals surface area (Å²) in [5.74, 6) is 0.868. The fourth-order valence-corrected chi connectivity index (χ4v) is 2.45. The Morgan fingerprint density at radius 3 is 2.85 bits per heavy atom. The molecule has 0 aliphatic rings. The molecule has 0 aliphatic carbocycles. The van der Waals surface area contributed by atoms with E-state index in [0.717, 1.165) is 16.3 Å². The molecule has 1 heterocycles. The minimum atomic E-state index is -0.00935. The summed E-state index contributed by atoms with van der Waals surface area (Å²) in [6.07, 6.45) is 3.64. The smallest absolute Gasteiger partial charge is 0.279 e. The highest BCUT2D eigenvalue weighted by atomic mass is 32.2. The number of benzene rings is 1. The predicted molar refractivity (Wildman–Crippen MR) is 80.8 cm³/mol. The predicted octanol–water partition coefficient (Wildman–Crippen LogP) is 2.26. The number of hydrogen-bond donors (Lipinski definition) is 2. The van der Waals surface area contributed by atoms with Crippen LogP contribution in [0.3, 0.4) is 0 Å². The van der Waals surface area contributed by atoms with Crippen LogP contribution in [0.15, 0.2) is 52.0 Å². The number of thioether (sulfide) groups is 1. The summed E-state index contributed by atoms with van der Waals surface area (Å²) in [5.41, 5.74) is 0.865. The monoisotopic (exact) mass is 291 g/mol. The number of amides is 1. The molecule has 0 spiro atoms. The van der Waals surface area contributed by atoms with E-state index >= 15 is 0 Å². The maximum atomic E-state index is 12.0. The topological polar surface area (TPSA) is 58.9 Å². The standard InChI is InChI=1S/C15H18N2O2S/c1-11(13-7-5-9-19-13)16-10-15(18)17-12-6-3-4-8-14(12)20-2/h3-9,11,16H,10H2,1-2H3,(H,17,18)/p+1/t11-/m1/s1. The van der Waals surface area contributed by atoms with Crippen LogP contribution < -0.4 is 10.6 Å². The molecule has 2 rings (SSSR count). The van der Waals surface area contributed by atoms with Crippen LogP contribution >= 0.6 is 11.8 Å². The maximum absolute atomic E-state index is 12.0. The van der Waals surface area contributed by atoms with Crippen molar-refractivity contribution in [2.75, 3.05) is 18.1 Å². The van der Waals surface area contributed by atoms with Crippen molar-refractivity contribution in [2.24, 2.45) is 0 Å². The number of nitrogens with one attached hydrogen (secondary N) is 1. The van der Waals surface area contributed by atoms with Gasteiger partial charge in [-0.25, -0.2) is 0 Å². The molecule has 0 radical (unpaired) electrons. The summed E-state index contributed by atoms with van der Waals surface area (Å²) < 4.78 is 5.32. The van der Waals surface area contributed by atoms with Crippen LogP contribution in [0, 0.1) is 0 Å².